The average Bonchev–Trinajstić information content (AvgIpc) is 2.75. The van der Waals surface area contributed by atoms with Crippen molar-refractivity contribution in [2.75, 3.05) is 5.32 Å². The molecule has 0 aliphatic rings. The molecule has 0 bridgehead atoms. The van der Waals surface area contributed by atoms with Crippen LogP contribution >= 0.6 is 11.3 Å². The summed E-state index contributed by atoms with van der Waals surface area (Å²) < 4.78 is 37.6. The molecule has 2 rings (SSSR count). The summed E-state index contributed by atoms with van der Waals surface area (Å²) >= 11 is 1.41. The number of alkyl halides is 3. The predicted octanol–water partition coefficient (Wildman–Crippen LogP) is 4.33. The van der Waals surface area contributed by atoms with Crippen molar-refractivity contribution in [1.82, 2.24) is 0 Å². The third-order valence-electron chi connectivity index (χ3n) is 2.55. The number of anilines is 1. The second-order valence-electron chi connectivity index (χ2n) is 3.92. The van der Waals surface area contributed by atoms with Gasteiger partial charge in [-0.15, -0.1) is 11.3 Å². The van der Waals surface area contributed by atoms with Gasteiger partial charge < -0.3 is 5.32 Å². The van der Waals surface area contributed by atoms with Gasteiger partial charge >= 0.3 is 6.18 Å². The highest BCUT2D eigenvalue weighted by atomic mass is 32.1. The van der Waals surface area contributed by atoms with Crippen LogP contribution in [-0.4, -0.2) is 5.91 Å². The van der Waals surface area contributed by atoms with Gasteiger partial charge in [-0.2, -0.15) is 13.2 Å². The average molecular weight is 285 g/mol. The molecule has 19 heavy (non-hydrogen) atoms. The van der Waals surface area contributed by atoms with Gasteiger partial charge in [-0.1, -0.05) is 6.07 Å². The van der Waals surface area contributed by atoms with Crippen LogP contribution in [-0.2, 0) is 6.18 Å². The highest BCUT2D eigenvalue weighted by Crippen LogP contribution is 2.30. The molecule has 1 aromatic carbocycles. The molecule has 0 aliphatic heterocycles. The smallest absolute Gasteiger partial charge is 0.322 e. The number of nitrogens with one attached hydrogen (secondary N) is 1. The van der Waals surface area contributed by atoms with Crippen molar-refractivity contribution in [2.45, 2.75) is 13.1 Å². The fourth-order valence-electron chi connectivity index (χ4n) is 1.59. The molecule has 0 fully saturated rings. The lowest BCUT2D eigenvalue weighted by molar-refractivity contribution is -0.137. The van der Waals surface area contributed by atoms with E-state index >= 15 is 0 Å². The van der Waals surface area contributed by atoms with E-state index in [0.717, 1.165) is 17.0 Å². The lowest BCUT2D eigenvalue weighted by Gasteiger charge is -2.09. The number of thiophene rings is 1. The van der Waals surface area contributed by atoms with E-state index in [4.69, 9.17) is 0 Å². The molecule has 2 nitrogen and oxygen atoms in total. The number of rotatable bonds is 2. The summed E-state index contributed by atoms with van der Waals surface area (Å²) in [6.07, 6.45) is -4.42. The molecule has 0 radical (unpaired) electrons. The van der Waals surface area contributed by atoms with Gasteiger partial charge in [-0.3, -0.25) is 4.79 Å². The molecule has 1 N–H and O–H groups in total. The summed E-state index contributed by atoms with van der Waals surface area (Å²) in [5, 5.41) is 4.23. The van der Waals surface area contributed by atoms with Crippen LogP contribution in [0.2, 0.25) is 0 Å². The van der Waals surface area contributed by atoms with Gasteiger partial charge in [0, 0.05) is 10.6 Å². The standard InChI is InChI=1S/C13H10F3NOS/c1-8-11(5-6-19-8)12(18)17-10-4-2-3-9(7-10)13(14,15)16/h2-7H,1H3,(H,17,18). The summed E-state index contributed by atoms with van der Waals surface area (Å²) in [5.74, 6) is -0.405. The molecule has 0 spiro atoms. The monoisotopic (exact) mass is 285 g/mol. The summed E-state index contributed by atoms with van der Waals surface area (Å²) in [4.78, 5) is 12.7. The first-order valence-electron chi connectivity index (χ1n) is 5.40. The normalized spacial score (nSPS) is 11.4. The Hall–Kier alpha value is -1.82. The van der Waals surface area contributed by atoms with Gasteiger partial charge in [0.25, 0.3) is 5.91 Å². The highest BCUT2D eigenvalue weighted by molar-refractivity contribution is 7.10. The molecule has 2 aromatic rings. The first-order valence-corrected chi connectivity index (χ1v) is 6.28. The van der Waals surface area contributed by atoms with Crippen molar-refractivity contribution in [3.8, 4) is 0 Å². The zero-order valence-electron chi connectivity index (χ0n) is 9.91. The topological polar surface area (TPSA) is 29.1 Å². The quantitative estimate of drug-likeness (QED) is 0.874. The van der Waals surface area contributed by atoms with Crippen LogP contribution in [0.25, 0.3) is 0 Å². The maximum atomic E-state index is 12.5. The van der Waals surface area contributed by atoms with E-state index in [-0.39, 0.29) is 5.69 Å². The number of amides is 1. The number of hydrogen-bond acceptors (Lipinski definition) is 2. The molecule has 0 aliphatic carbocycles. The number of halogens is 3. The van der Waals surface area contributed by atoms with Gasteiger partial charge in [-0.25, -0.2) is 0 Å². The maximum Gasteiger partial charge on any atom is 0.416 e. The summed E-state index contributed by atoms with van der Waals surface area (Å²) in [5.41, 5.74) is -0.180. The van der Waals surface area contributed by atoms with Crippen LogP contribution in [0.5, 0.6) is 0 Å². The molecule has 100 valence electrons. The van der Waals surface area contributed by atoms with Gasteiger partial charge in [0.1, 0.15) is 0 Å². The Morgan fingerprint density at radius 2 is 2.00 bits per heavy atom. The van der Waals surface area contributed by atoms with E-state index < -0.39 is 17.6 Å². The highest BCUT2D eigenvalue weighted by Gasteiger charge is 2.30. The van der Waals surface area contributed by atoms with E-state index in [1.165, 1.54) is 23.5 Å². The summed E-state index contributed by atoms with van der Waals surface area (Å²) in [7, 11) is 0. The van der Waals surface area contributed by atoms with Gasteiger partial charge in [0.2, 0.25) is 0 Å². The maximum absolute atomic E-state index is 12.5. The van der Waals surface area contributed by atoms with E-state index in [9.17, 15) is 18.0 Å². The van der Waals surface area contributed by atoms with Crippen LogP contribution < -0.4 is 5.32 Å². The molecule has 1 heterocycles. The number of carbonyl (C=O) groups excluding carboxylic acids is 1. The zero-order chi connectivity index (χ0) is 14.0. The second-order valence-corrected chi connectivity index (χ2v) is 5.04. The van der Waals surface area contributed by atoms with Crippen molar-refractivity contribution in [3.63, 3.8) is 0 Å². The zero-order valence-corrected chi connectivity index (χ0v) is 10.7. The van der Waals surface area contributed by atoms with Crippen molar-refractivity contribution in [3.05, 3.63) is 51.7 Å². The first-order chi connectivity index (χ1) is 8.88. The van der Waals surface area contributed by atoms with Gasteiger partial charge in [0.15, 0.2) is 0 Å². The molecule has 0 atom stereocenters. The fraction of sp³-hybridized carbons (Fsp3) is 0.154. The Labute approximate surface area is 111 Å². The molecule has 0 unspecified atom stereocenters. The lowest BCUT2D eigenvalue weighted by Crippen LogP contribution is -2.13. The molecule has 0 saturated carbocycles. The van der Waals surface area contributed by atoms with Crippen molar-refractivity contribution >= 4 is 22.9 Å². The minimum atomic E-state index is -4.42. The number of aryl methyl sites for hydroxylation is 1. The van der Waals surface area contributed by atoms with Crippen LogP contribution in [0, 0.1) is 6.92 Å². The molecular weight excluding hydrogens is 275 g/mol. The number of benzene rings is 1. The Morgan fingerprint density at radius 3 is 2.58 bits per heavy atom. The molecule has 6 heteroatoms. The Morgan fingerprint density at radius 1 is 1.26 bits per heavy atom. The molecule has 0 saturated heterocycles. The van der Waals surface area contributed by atoms with E-state index in [1.54, 1.807) is 18.4 Å². The molecular formula is C13H10F3NOS. The minimum Gasteiger partial charge on any atom is -0.322 e. The van der Waals surface area contributed by atoms with E-state index in [1.807, 2.05) is 0 Å². The minimum absolute atomic E-state index is 0.130. The van der Waals surface area contributed by atoms with Crippen molar-refractivity contribution < 1.29 is 18.0 Å². The first kappa shape index (κ1) is 13.6. The number of carbonyl (C=O) groups is 1. The Balaban J connectivity index is 2.21. The third-order valence-corrected chi connectivity index (χ3v) is 3.40. The number of hydrogen-bond donors (Lipinski definition) is 1. The van der Waals surface area contributed by atoms with Crippen LogP contribution in [0.1, 0.15) is 20.8 Å². The van der Waals surface area contributed by atoms with Gasteiger partial charge in [0.05, 0.1) is 11.1 Å². The lowest BCUT2D eigenvalue weighted by atomic mass is 10.2. The van der Waals surface area contributed by atoms with E-state index in [0.29, 0.717) is 5.56 Å². The largest absolute Gasteiger partial charge is 0.416 e. The third kappa shape index (κ3) is 3.14. The summed E-state index contributed by atoms with van der Waals surface area (Å²) in [6.45, 7) is 1.78. The van der Waals surface area contributed by atoms with Crippen molar-refractivity contribution in [2.24, 2.45) is 0 Å². The second kappa shape index (κ2) is 5.05. The van der Waals surface area contributed by atoms with Crippen LogP contribution in [0.4, 0.5) is 18.9 Å². The Kier molecular flexibility index (Phi) is 3.61. The van der Waals surface area contributed by atoms with E-state index in [2.05, 4.69) is 5.32 Å². The SMILES string of the molecule is Cc1sccc1C(=O)Nc1cccc(C(F)(F)F)c1. The molecule has 1 amide bonds. The fourth-order valence-corrected chi connectivity index (χ4v) is 2.29. The van der Waals surface area contributed by atoms with Crippen LogP contribution in [0.3, 0.4) is 0 Å². The Bertz CT molecular complexity index is 604. The molecule has 1 aromatic heterocycles. The predicted molar refractivity (Wildman–Crippen MR) is 68.5 cm³/mol. The summed E-state index contributed by atoms with van der Waals surface area (Å²) in [6, 6.07) is 6.21. The van der Waals surface area contributed by atoms with Crippen molar-refractivity contribution in [1.29, 1.82) is 0 Å². The van der Waals surface area contributed by atoms with Crippen LogP contribution in [0.15, 0.2) is 35.7 Å². The van der Waals surface area contributed by atoms with Gasteiger partial charge in [-0.05, 0) is 36.6 Å².